The molecule has 1 unspecified atom stereocenters. The van der Waals surface area contributed by atoms with Crippen molar-refractivity contribution in [3.63, 3.8) is 0 Å². The number of sulfonamides is 1. The van der Waals surface area contributed by atoms with E-state index in [0.717, 1.165) is 4.89 Å². The second kappa shape index (κ2) is 9.22. The average molecular weight is 354 g/mol. The topological polar surface area (TPSA) is 171 Å². The van der Waals surface area contributed by atoms with Crippen molar-refractivity contribution in [3.8, 4) is 0 Å². The van der Waals surface area contributed by atoms with Crippen molar-refractivity contribution in [3.05, 3.63) is 40.7 Å². The summed E-state index contributed by atoms with van der Waals surface area (Å²) >= 11 is -1.97. The quantitative estimate of drug-likeness (QED) is 0.367. The fraction of sp³-hybridized carbons (Fsp3) is 0.200. The van der Waals surface area contributed by atoms with Crippen LogP contribution in [0.4, 0.5) is 0 Å². The first kappa shape index (κ1) is 20.1. The Bertz CT molecular complexity index is 706. The van der Waals surface area contributed by atoms with Gasteiger partial charge in [-0.1, -0.05) is 10.5 Å². The molecule has 0 saturated carbocycles. The van der Waals surface area contributed by atoms with Crippen LogP contribution in [0.2, 0.25) is 0 Å². The van der Waals surface area contributed by atoms with Crippen LogP contribution in [0, 0.1) is 24.3 Å². The zero-order valence-electron chi connectivity index (χ0n) is 11.5. The summed E-state index contributed by atoms with van der Waals surface area (Å²) in [6.07, 6.45) is 0. The molecule has 1 atom stereocenters. The molecule has 2 aromatic heterocycles. The van der Waals surface area contributed by atoms with E-state index < -0.39 is 21.1 Å². The maximum absolute atomic E-state index is 10.8. The van der Waals surface area contributed by atoms with Gasteiger partial charge in [0.25, 0.3) is 10.0 Å². The first-order chi connectivity index (χ1) is 10.3. The van der Waals surface area contributed by atoms with Gasteiger partial charge in [-0.25, -0.2) is 12.6 Å². The van der Waals surface area contributed by atoms with Crippen LogP contribution >= 0.6 is 0 Å². The summed E-state index contributed by atoms with van der Waals surface area (Å²) in [5, 5.41) is 7.97. The van der Waals surface area contributed by atoms with E-state index in [4.69, 9.17) is 23.5 Å². The third-order valence-electron chi connectivity index (χ3n) is 1.99. The molecule has 0 saturated heterocycles. The van der Waals surface area contributed by atoms with Gasteiger partial charge in [0.2, 0.25) is 21.3 Å². The molecule has 0 aromatic carbocycles. The summed E-state index contributed by atoms with van der Waals surface area (Å²) in [4.78, 5) is 8.65. The molecule has 0 aliphatic rings. The van der Waals surface area contributed by atoms with Gasteiger partial charge >= 0.3 is 0 Å². The van der Waals surface area contributed by atoms with Gasteiger partial charge in [-0.05, 0) is 38.1 Å². The van der Waals surface area contributed by atoms with Crippen LogP contribution in [0.25, 0.3) is 0 Å². The third-order valence-corrected chi connectivity index (χ3v) is 3.54. The van der Waals surface area contributed by atoms with Crippen LogP contribution in [0.15, 0.2) is 43.3 Å². The molecular formula is C10H14N2O8S2. The highest BCUT2D eigenvalue weighted by Gasteiger charge is 2.15. The zero-order chi connectivity index (χ0) is 17.3. The van der Waals surface area contributed by atoms with Gasteiger partial charge in [0.05, 0.1) is 0 Å². The molecule has 0 fully saturated rings. The predicted octanol–water partition coefficient (Wildman–Crippen LogP) is 1.76. The van der Waals surface area contributed by atoms with E-state index in [1.807, 2.05) is 0 Å². The molecule has 0 amide bonds. The van der Waals surface area contributed by atoms with E-state index in [2.05, 4.69) is 5.59 Å². The molecule has 22 heavy (non-hydrogen) atoms. The smallest absolute Gasteiger partial charge is 0.295 e. The lowest BCUT2D eigenvalue weighted by molar-refractivity contribution is 0.238. The van der Waals surface area contributed by atoms with Crippen molar-refractivity contribution < 1.29 is 31.2 Å². The third kappa shape index (κ3) is 6.28. The normalized spacial score (nSPS) is 11.6. The van der Waals surface area contributed by atoms with Crippen molar-refractivity contribution in [2.45, 2.75) is 24.0 Å². The Morgan fingerprint density at radius 2 is 1.59 bits per heavy atom. The van der Waals surface area contributed by atoms with Crippen molar-refractivity contribution in [1.29, 1.82) is 5.59 Å². The molecule has 0 aliphatic carbocycles. The van der Waals surface area contributed by atoms with E-state index in [-0.39, 0.29) is 10.2 Å². The lowest BCUT2D eigenvalue weighted by Gasteiger charge is -1.93. The Morgan fingerprint density at radius 3 is 1.86 bits per heavy atom. The van der Waals surface area contributed by atoms with Crippen molar-refractivity contribution in [2.24, 2.45) is 0 Å². The molecule has 10 nitrogen and oxygen atoms in total. The Hall–Kier alpha value is -1.86. The van der Waals surface area contributed by atoms with Crippen LogP contribution in [-0.4, -0.2) is 22.4 Å². The molecule has 0 aliphatic heterocycles. The van der Waals surface area contributed by atoms with E-state index in [0.29, 0.717) is 11.5 Å². The Kier molecular flexibility index (Phi) is 8.44. The highest BCUT2D eigenvalue weighted by atomic mass is 32.2. The van der Waals surface area contributed by atoms with Crippen molar-refractivity contribution in [1.82, 2.24) is 4.89 Å². The first-order valence-electron chi connectivity index (χ1n) is 5.36. The van der Waals surface area contributed by atoms with Crippen molar-refractivity contribution >= 4 is 21.1 Å². The van der Waals surface area contributed by atoms with Crippen LogP contribution in [0.1, 0.15) is 11.5 Å². The van der Waals surface area contributed by atoms with E-state index in [1.165, 1.54) is 18.2 Å². The maximum atomic E-state index is 10.8. The lowest BCUT2D eigenvalue weighted by atomic mass is 10.5. The summed E-state index contributed by atoms with van der Waals surface area (Å²) in [7, 11) is -3.84. The van der Waals surface area contributed by atoms with Crippen LogP contribution < -0.4 is 4.89 Å². The Morgan fingerprint density at radius 1 is 1.09 bits per heavy atom. The average Bonchev–Trinajstić information content (AvgIpc) is 3.11. The molecule has 0 spiro atoms. The Balaban J connectivity index is 0.000000366. The standard InChI is InChI=1S/C5H7NO4S.C5H6O3S.HNO/c1-4-2-3-5(10-4)11(8,9)6-7;1-4-2-3-5(8-4)9(6)7;1-2/h2-3,6-7H,1H3;2-3H,1H3,(H,6,7);1H. The van der Waals surface area contributed by atoms with E-state index in [9.17, 15) is 12.6 Å². The van der Waals surface area contributed by atoms with Gasteiger partial charge in [0.1, 0.15) is 11.5 Å². The molecule has 0 bridgehead atoms. The van der Waals surface area contributed by atoms with Crippen LogP contribution in [-0.2, 0) is 21.1 Å². The minimum atomic E-state index is -3.84. The molecule has 2 heterocycles. The zero-order valence-corrected chi connectivity index (χ0v) is 13.1. The largest absolute Gasteiger partial charge is 0.450 e. The molecule has 12 heteroatoms. The fourth-order valence-corrected chi connectivity index (χ4v) is 2.07. The SMILES string of the molecule is Cc1ccc(S(=O)(=O)NO)o1.Cc1ccc(S(=O)O)o1.N=O. The second-order valence-electron chi connectivity index (χ2n) is 3.57. The molecule has 2 rings (SSSR count). The minimum absolute atomic E-state index is 0.104. The van der Waals surface area contributed by atoms with E-state index in [1.54, 1.807) is 19.9 Å². The fourth-order valence-electron chi connectivity index (χ4n) is 1.11. The number of nitroso groups, excluding NO2 is 1. The van der Waals surface area contributed by atoms with Gasteiger partial charge < -0.3 is 14.0 Å². The van der Waals surface area contributed by atoms with Crippen LogP contribution in [0.3, 0.4) is 0 Å². The number of hydrogen-bond donors (Lipinski definition) is 4. The highest BCUT2D eigenvalue weighted by Crippen LogP contribution is 2.11. The van der Waals surface area contributed by atoms with Gasteiger partial charge in [-0.15, -0.1) is 0 Å². The number of nitrogens with one attached hydrogen (secondary N) is 2. The molecule has 4 N–H and O–H groups in total. The van der Waals surface area contributed by atoms with Crippen molar-refractivity contribution in [2.75, 3.05) is 0 Å². The van der Waals surface area contributed by atoms with Gasteiger partial charge in [-0.2, -0.15) is 4.91 Å². The number of rotatable bonds is 3. The summed E-state index contributed by atoms with van der Waals surface area (Å²) in [5.41, 5.74) is 4.50. The highest BCUT2D eigenvalue weighted by molar-refractivity contribution is 7.89. The summed E-state index contributed by atoms with van der Waals surface area (Å²) in [5.74, 6) is 1.12. The summed E-state index contributed by atoms with van der Waals surface area (Å²) < 4.78 is 49.7. The summed E-state index contributed by atoms with van der Waals surface area (Å²) in [6, 6.07) is 5.87. The Labute approximate surface area is 128 Å². The molecule has 124 valence electrons. The number of hydrogen-bond acceptors (Lipinski definition) is 8. The molecule has 2 aromatic rings. The van der Waals surface area contributed by atoms with E-state index >= 15 is 0 Å². The number of aryl methyl sites for hydroxylation is 2. The predicted molar refractivity (Wildman–Crippen MR) is 74.1 cm³/mol. The molecular weight excluding hydrogens is 340 g/mol. The van der Waals surface area contributed by atoms with Gasteiger partial charge in [-0.3, -0.25) is 4.55 Å². The minimum Gasteiger partial charge on any atom is -0.450 e. The maximum Gasteiger partial charge on any atom is 0.295 e. The second-order valence-corrected chi connectivity index (χ2v) is 6.07. The van der Waals surface area contributed by atoms with Crippen LogP contribution in [0.5, 0.6) is 0 Å². The van der Waals surface area contributed by atoms with Gasteiger partial charge in [0, 0.05) is 0 Å². The first-order valence-corrected chi connectivity index (χ1v) is 7.95. The number of furan rings is 2. The monoisotopic (exact) mass is 354 g/mol. The summed E-state index contributed by atoms with van der Waals surface area (Å²) in [6.45, 7) is 3.33. The lowest BCUT2D eigenvalue weighted by Crippen LogP contribution is -2.18. The molecule has 0 radical (unpaired) electrons. The van der Waals surface area contributed by atoms with Gasteiger partial charge in [0.15, 0.2) is 0 Å².